The van der Waals surface area contributed by atoms with Crippen molar-refractivity contribution in [1.82, 2.24) is 10.6 Å². The summed E-state index contributed by atoms with van der Waals surface area (Å²) in [5.74, 6) is -0.712. The molecule has 0 spiro atoms. The van der Waals surface area contributed by atoms with Crippen molar-refractivity contribution in [1.29, 1.82) is 0 Å². The summed E-state index contributed by atoms with van der Waals surface area (Å²) in [4.78, 5) is 24.3. The number of esters is 1. The molecule has 0 radical (unpaired) electrons. The molecule has 3 N–H and O–H groups in total. The van der Waals surface area contributed by atoms with Gasteiger partial charge in [-0.15, -0.1) is 0 Å². The molecule has 7 heteroatoms. The topological polar surface area (TPSA) is 87.7 Å². The molecule has 0 bridgehead atoms. The first-order valence-electron chi connectivity index (χ1n) is 7.69. The Labute approximate surface area is 140 Å². The number of aromatic hydroxyl groups is 1. The lowest BCUT2D eigenvalue weighted by Crippen LogP contribution is -2.49. The minimum Gasteiger partial charge on any atom is -0.506 e. The number of phenolic OH excluding ortho intramolecular Hbond substituents is 1. The molecule has 2 atom stereocenters. The smallest absolute Gasteiger partial charge is 0.328 e. The SMILES string of the molecule is CCOC(=O)[C@H](Cc1ccc(O)c(Cl)c1)NC(=O)[C@@H]1CCCN1. The van der Waals surface area contributed by atoms with Gasteiger partial charge in [-0.1, -0.05) is 17.7 Å². The van der Waals surface area contributed by atoms with Crippen LogP contribution in [0.3, 0.4) is 0 Å². The van der Waals surface area contributed by atoms with Gasteiger partial charge in [0.25, 0.3) is 0 Å². The highest BCUT2D eigenvalue weighted by molar-refractivity contribution is 6.32. The van der Waals surface area contributed by atoms with E-state index in [-0.39, 0.29) is 35.7 Å². The highest BCUT2D eigenvalue weighted by atomic mass is 35.5. The molecule has 23 heavy (non-hydrogen) atoms. The summed E-state index contributed by atoms with van der Waals surface area (Å²) >= 11 is 5.88. The first kappa shape index (κ1) is 17.6. The van der Waals surface area contributed by atoms with Crippen LogP contribution in [0.4, 0.5) is 0 Å². The number of amides is 1. The van der Waals surface area contributed by atoms with Crippen LogP contribution in [-0.4, -0.2) is 42.2 Å². The summed E-state index contributed by atoms with van der Waals surface area (Å²) in [7, 11) is 0. The predicted octanol–water partition coefficient (Wildman–Crippen LogP) is 1.39. The van der Waals surface area contributed by atoms with Crippen molar-refractivity contribution in [3.63, 3.8) is 0 Å². The highest BCUT2D eigenvalue weighted by Crippen LogP contribution is 2.24. The van der Waals surface area contributed by atoms with Crippen molar-refractivity contribution in [2.75, 3.05) is 13.2 Å². The van der Waals surface area contributed by atoms with E-state index >= 15 is 0 Å². The lowest BCUT2D eigenvalue weighted by Gasteiger charge is -2.20. The number of nitrogens with one attached hydrogen (secondary N) is 2. The number of hydrogen-bond donors (Lipinski definition) is 3. The monoisotopic (exact) mass is 340 g/mol. The molecule has 0 aliphatic carbocycles. The fourth-order valence-corrected chi connectivity index (χ4v) is 2.73. The highest BCUT2D eigenvalue weighted by Gasteiger charge is 2.28. The summed E-state index contributed by atoms with van der Waals surface area (Å²) in [6.07, 6.45) is 1.94. The zero-order valence-corrected chi connectivity index (χ0v) is 13.7. The van der Waals surface area contributed by atoms with Gasteiger partial charge in [-0.25, -0.2) is 4.79 Å². The van der Waals surface area contributed by atoms with E-state index in [1.807, 2.05) is 0 Å². The molecule has 0 saturated carbocycles. The first-order chi connectivity index (χ1) is 11.0. The van der Waals surface area contributed by atoms with Gasteiger partial charge < -0.3 is 20.5 Å². The first-order valence-corrected chi connectivity index (χ1v) is 8.07. The van der Waals surface area contributed by atoms with E-state index in [0.717, 1.165) is 24.9 Å². The van der Waals surface area contributed by atoms with Gasteiger partial charge in [-0.2, -0.15) is 0 Å². The van der Waals surface area contributed by atoms with E-state index in [2.05, 4.69) is 10.6 Å². The molecule has 1 fully saturated rings. The molecule has 1 heterocycles. The van der Waals surface area contributed by atoms with E-state index in [4.69, 9.17) is 16.3 Å². The molecular weight excluding hydrogens is 320 g/mol. The van der Waals surface area contributed by atoms with Crippen LogP contribution >= 0.6 is 11.6 Å². The van der Waals surface area contributed by atoms with Crippen molar-refractivity contribution < 1.29 is 19.4 Å². The Kier molecular flexibility index (Phi) is 6.24. The number of carbonyl (C=O) groups is 2. The van der Waals surface area contributed by atoms with E-state index in [9.17, 15) is 14.7 Å². The Balaban J connectivity index is 2.08. The van der Waals surface area contributed by atoms with Gasteiger partial charge >= 0.3 is 5.97 Å². The molecule has 0 aromatic heterocycles. The van der Waals surface area contributed by atoms with Gasteiger partial charge in [0, 0.05) is 6.42 Å². The Morgan fingerprint density at radius 3 is 2.91 bits per heavy atom. The molecule has 126 valence electrons. The van der Waals surface area contributed by atoms with Crippen LogP contribution in [0.5, 0.6) is 5.75 Å². The van der Waals surface area contributed by atoms with E-state index in [1.165, 1.54) is 6.07 Å². The summed E-state index contributed by atoms with van der Waals surface area (Å²) in [5, 5.41) is 15.5. The predicted molar refractivity (Wildman–Crippen MR) is 86.4 cm³/mol. The van der Waals surface area contributed by atoms with E-state index in [0.29, 0.717) is 0 Å². The van der Waals surface area contributed by atoms with Crippen molar-refractivity contribution in [2.45, 2.75) is 38.3 Å². The molecule has 1 saturated heterocycles. The molecule has 0 unspecified atom stereocenters. The van der Waals surface area contributed by atoms with Crippen LogP contribution in [0.25, 0.3) is 0 Å². The van der Waals surface area contributed by atoms with Gasteiger partial charge in [0.15, 0.2) is 0 Å². The van der Waals surface area contributed by atoms with Crippen molar-refractivity contribution >= 4 is 23.5 Å². The summed E-state index contributed by atoms with van der Waals surface area (Å²) in [6.45, 7) is 2.76. The fourth-order valence-electron chi connectivity index (χ4n) is 2.53. The maximum absolute atomic E-state index is 12.2. The van der Waals surface area contributed by atoms with E-state index < -0.39 is 12.0 Å². The standard InChI is InChI=1S/C16H21ClN2O4/c1-2-23-16(22)13(19-15(21)12-4-3-7-18-12)9-10-5-6-14(20)11(17)8-10/h5-6,8,12-13,18,20H,2-4,7,9H2,1H3,(H,19,21)/t12-,13-/m0/s1. The van der Waals surface area contributed by atoms with Crippen LogP contribution in [0.15, 0.2) is 18.2 Å². The molecule has 1 aliphatic heterocycles. The third-order valence-corrected chi connectivity index (χ3v) is 4.02. The Morgan fingerprint density at radius 2 is 2.30 bits per heavy atom. The van der Waals surface area contributed by atoms with Crippen LogP contribution in [0.1, 0.15) is 25.3 Å². The summed E-state index contributed by atoms with van der Waals surface area (Å²) in [6, 6.07) is 3.64. The van der Waals surface area contributed by atoms with Gasteiger partial charge in [0.1, 0.15) is 11.8 Å². The number of ether oxygens (including phenoxy) is 1. The minimum absolute atomic E-state index is 0.0257. The molecule has 1 aromatic carbocycles. The molecule has 1 amide bonds. The zero-order valence-electron chi connectivity index (χ0n) is 13.0. The molecule has 1 aromatic rings. The van der Waals surface area contributed by atoms with Gasteiger partial charge in [0.2, 0.25) is 5.91 Å². The number of carbonyl (C=O) groups excluding carboxylic acids is 2. The van der Waals surface area contributed by atoms with Crippen molar-refractivity contribution in [3.8, 4) is 5.75 Å². The molecular formula is C16H21ClN2O4. The maximum atomic E-state index is 12.2. The Hall–Kier alpha value is -1.79. The number of hydrogen-bond acceptors (Lipinski definition) is 5. The second-order valence-corrected chi connectivity index (χ2v) is 5.86. The molecule has 6 nitrogen and oxygen atoms in total. The van der Waals surface area contributed by atoms with Gasteiger partial charge in [-0.3, -0.25) is 4.79 Å². The maximum Gasteiger partial charge on any atom is 0.328 e. The van der Waals surface area contributed by atoms with Crippen LogP contribution < -0.4 is 10.6 Å². The summed E-state index contributed by atoms with van der Waals surface area (Å²) < 4.78 is 5.04. The Morgan fingerprint density at radius 1 is 1.52 bits per heavy atom. The third kappa shape index (κ3) is 4.84. The number of phenols is 1. The largest absolute Gasteiger partial charge is 0.506 e. The molecule has 2 rings (SSSR count). The lowest BCUT2D eigenvalue weighted by molar-refractivity contribution is -0.147. The average Bonchev–Trinajstić information content (AvgIpc) is 3.05. The Bertz CT molecular complexity index is 573. The second kappa shape index (κ2) is 8.17. The van der Waals surface area contributed by atoms with Gasteiger partial charge in [-0.05, 0) is 44.0 Å². The third-order valence-electron chi connectivity index (χ3n) is 3.72. The quantitative estimate of drug-likeness (QED) is 0.681. The van der Waals surface area contributed by atoms with Crippen LogP contribution in [0, 0.1) is 0 Å². The second-order valence-electron chi connectivity index (χ2n) is 5.45. The van der Waals surface area contributed by atoms with Crippen molar-refractivity contribution in [2.24, 2.45) is 0 Å². The van der Waals surface area contributed by atoms with Crippen LogP contribution in [0.2, 0.25) is 5.02 Å². The average molecular weight is 341 g/mol. The van der Waals surface area contributed by atoms with Crippen molar-refractivity contribution in [3.05, 3.63) is 28.8 Å². The van der Waals surface area contributed by atoms with Gasteiger partial charge in [0.05, 0.1) is 17.7 Å². The number of benzene rings is 1. The molecule has 1 aliphatic rings. The number of rotatable bonds is 6. The van der Waals surface area contributed by atoms with Crippen LogP contribution in [-0.2, 0) is 20.7 Å². The zero-order chi connectivity index (χ0) is 16.8. The minimum atomic E-state index is -0.787. The fraction of sp³-hybridized carbons (Fsp3) is 0.500. The number of halogens is 1. The lowest BCUT2D eigenvalue weighted by atomic mass is 10.0. The van der Waals surface area contributed by atoms with E-state index in [1.54, 1.807) is 19.1 Å². The summed E-state index contributed by atoms with van der Waals surface area (Å²) in [5.41, 5.74) is 0.727. The normalized spacial score (nSPS) is 18.4.